The Bertz CT molecular complexity index is 692. The van der Waals surface area contributed by atoms with E-state index in [0.29, 0.717) is 18.5 Å². The van der Waals surface area contributed by atoms with Crippen LogP contribution in [0.1, 0.15) is 12.8 Å². The van der Waals surface area contributed by atoms with Gasteiger partial charge in [0.05, 0.1) is 11.8 Å². The Labute approximate surface area is 142 Å². The van der Waals surface area contributed by atoms with Crippen LogP contribution in [0.3, 0.4) is 0 Å². The number of hydrogen-bond donors (Lipinski definition) is 1. The van der Waals surface area contributed by atoms with Crippen molar-refractivity contribution < 1.29 is 27.9 Å². The monoisotopic (exact) mass is 350 g/mol. The molecule has 3 rings (SSSR count). The molecule has 0 radical (unpaired) electrons. The van der Waals surface area contributed by atoms with E-state index < -0.39 is 12.5 Å². The summed E-state index contributed by atoms with van der Waals surface area (Å²) < 4.78 is 28.4. The zero-order valence-electron chi connectivity index (χ0n) is 13.2. The average molecular weight is 350 g/mol. The number of rotatable bonds is 5. The van der Waals surface area contributed by atoms with Crippen molar-refractivity contribution in [3.63, 3.8) is 0 Å². The van der Waals surface area contributed by atoms with Gasteiger partial charge in [-0.3, -0.25) is 19.3 Å². The number of carbonyl (C=O) groups is 3. The maximum Gasteiger partial charge on any atom is 0.387 e. The van der Waals surface area contributed by atoms with E-state index in [4.69, 9.17) is 0 Å². The lowest BCUT2D eigenvalue weighted by molar-refractivity contribution is -0.142. The molecule has 1 aliphatic heterocycles. The molecule has 0 aromatic heterocycles. The maximum absolute atomic E-state index is 12.3. The molecular formula is C17H16F2N2O4. The predicted molar refractivity (Wildman–Crippen MR) is 83.8 cm³/mol. The summed E-state index contributed by atoms with van der Waals surface area (Å²) >= 11 is 0. The number of likely N-dealkylation sites (tertiary alicyclic amines) is 1. The van der Waals surface area contributed by atoms with Crippen LogP contribution in [0.4, 0.5) is 14.5 Å². The van der Waals surface area contributed by atoms with E-state index in [1.165, 1.54) is 24.3 Å². The fourth-order valence-corrected chi connectivity index (χ4v) is 3.09. The first-order valence-corrected chi connectivity index (χ1v) is 7.80. The van der Waals surface area contributed by atoms with Crippen molar-refractivity contribution in [3.05, 3.63) is 36.4 Å². The Kier molecular flexibility index (Phi) is 4.78. The average Bonchev–Trinajstić information content (AvgIpc) is 2.82. The van der Waals surface area contributed by atoms with Crippen molar-refractivity contribution in [1.82, 2.24) is 4.90 Å². The summed E-state index contributed by atoms with van der Waals surface area (Å²) in [4.78, 5) is 37.7. The van der Waals surface area contributed by atoms with E-state index in [2.05, 4.69) is 10.1 Å². The number of hydrogen-bond acceptors (Lipinski definition) is 4. The molecule has 25 heavy (non-hydrogen) atoms. The van der Waals surface area contributed by atoms with Gasteiger partial charge in [-0.05, 0) is 37.1 Å². The lowest BCUT2D eigenvalue weighted by atomic mass is 9.85. The van der Waals surface area contributed by atoms with Crippen molar-refractivity contribution in [3.8, 4) is 5.75 Å². The van der Waals surface area contributed by atoms with Gasteiger partial charge < -0.3 is 10.1 Å². The molecule has 1 aliphatic carbocycles. The van der Waals surface area contributed by atoms with Crippen LogP contribution in [0.15, 0.2) is 36.4 Å². The van der Waals surface area contributed by atoms with E-state index in [1.54, 1.807) is 0 Å². The van der Waals surface area contributed by atoms with Crippen molar-refractivity contribution in [1.29, 1.82) is 0 Å². The summed E-state index contributed by atoms with van der Waals surface area (Å²) in [5.41, 5.74) is 0.352. The van der Waals surface area contributed by atoms with E-state index in [9.17, 15) is 23.2 Å². The van der Waals surface area contributed by atoms with Crippen molar-refractivity contribution in [2.75, 3.05) is 11.9 Å². The maximum atomic E-state index is 12.3. The molecule has 1 N–H and O–H groups in total. The minimum Gasteiger partial charge on any atom is -0.435 e. The minimum atomic E-state index is -2.93. The molecule has 2 aliphatic rings. The molecule has 0 unspecified atom stereocenters. The topological polar surface area (TPSA) is 75.7 Å². The smallest absolute Gasteiger partial charge is 0.387 e. The molecule has 0 saturated carbocycles. The van der Waals surface area contributed by atoms with Crippen LogP contribution in [0.5, 0.6) is 5.75 Å². The number of anilines is 1. The second-order valence-corrected chi connectivity index (χ2v) is 5.87. The Balaban J connectivity index is 1.59. The SMILES string of the molecule is O=C(CN1C(=O)[C@@H]2CC=CC[C@H]2C1=O)Nc1ccc(OC(F)F)cc1. The zero-order chi connectivity index (χ0) is 18.0. The Morgan fingerprint density at radius 3 is 2.20 bits per heavy atom. The fourth-order valence-electron chi connectivity index (χ4n) is 3.09. The Morgan fingerprint density at radius 2 is 1.68 bits per heavy atom. The molecule has 8 heteroatoms. The largest absolute Gasteiger partial charge is 0.435 e. The lowest BCUT2D eigenvalue weighted by Gasteiger charge is -2.14. The first kappa shape index (κ1) is 17.1. The first-order valence-electron chi connectivity index (χ1n) is 7.80. The minimum absolute atomic E-state index is 0.0329. The number of ether oxygens (including phenoxy) is 1. The van der Waals surface area contributed by atoms with Gasteiger partial charge in [-0.25, -0.2) is 0 Å². The number of benzene rings is 1. The normalized spacial score (nSPS) is 22.3. The molecule has 132 valence electrons. The number of allylic oxidation sites excluding steroid dienone is 2. The summed E-state index contributed by atoms with van der Waals surface area (Å²) in [6, 6.07) is 5.36. The molecule has 2 atom stereocenters. The highest BCUT2D eigenvalue weighted by molar-refractivity contribution is 6.08. The molecule has 1 saturated heterocycles. The highest BCUT2D eigenvalue weighted by atomic mass is 19.3. The molecule has 1 aromatic carbocycles. The van der Waals surface area contributed by atoms with Crippen molar-refractivity contribution >= 4 is 23.4 Å². The van der Waals surface area contributed by atoms with Crippen molar-refractivity contribution in [2.45, 2.75) is 19.5 Å². The van der Waals surface area contributed by atoms with Gasteiger partial charge in [-0.15, -0.1) is 0 Å². The van der Waals surface area contributed by atoms with Gasteiger partial charge in [0.25, 0.3) is 0 Å². The third-order valence-electron chi connectivity index (χ3n) is 4.26. The highest BCUT2D eigenvalue weighted by Crippen LogP contribution is 2.34. The van der Waals surface area contributed by atoms with Gasteiger partial charge in [0.1, 0.15) is 12.3 Å². The van der Waals surface area contributed by atoms with E-state index in [-0.39, 0.29) is 35.9 Å². The van der Waals surface area contributed by atoms with Gasteiger partial charge in [0.15, 0.2) is 0 Å². The van der Waals surface area contributed by atoms with Crippen LogP contribution >= 0.6 is 0 Å². The number of halogens is 2. The van der Waals surface area contributed by atoms with Crippen LogP contribution in [0.2, 0.25) is 0 Å². The zero-order valence-corrected chi connectivity index (χ0v) is 13.2. The second-order valence-electron chi connectivity index (χ2n) is 5.87. The number of amides is 3. The fraction of sp³-hybridized carbons (Fsp3) is 0.353. The van der Waals surface area contributed by atoms with E-state index in [1.807, 2.05) is 12.2 Å². The van der Waals surface area contributed by atoms with E-state index >= 15 is 0 Å². The van der Waals surface area contributed by atoms with Crippen LogP contribution in [0, 0.1) is 11.8 Å². The first-order chi connectivity index (χ1) is 12.0. The van der Waals surface area contributed by atoms with Crippen LogP contribution in [-0.2, 0) is 14.4 Å². The van der Waals surface area contributed by atoms with Gasteiger partial charge in [-0.1, -0.05) is 12.2 Å². The van der Waals surface area contributed by atoms with Gasteiger partial charge in [0, 0.05) is 5.69 Å². The molecule has 6 nitrogen and oxygen atoms in total. The summed E-state index contributed by atoms with van der Waals surface area (Å²) in [5, 5.41) is 2.53. The molecule has 1 fully saturated rings. The number of imide groups is 1. The summed E-state index contributed by atoms with van der Waals surface area (Å²) in [5.74, 6) is -1.97. The van der Waals surface area contributed by atoms with E-state index in [0.717, 1.165) is 4.90 Å². The summed E-state index contributed by atoms with van der Waals surface area (Å²) in [6.45, 7) is -3.29. The predicted octanol–water partition coefficient (Wildman–Crippen LogP) is 2.18. The van der Waals surface area contributed by atoms with Crippen LogP contribution < -0.4 is 10.1 Å². The second kappa shape index (κ2) is 7.00. The van der Waals surface area contributed by atoms with Gasteiger partial charge in [0.2, 0.25) is 17.7 Å². The number of alkyl halides is 2. The van der Waals surface area contributed by atoms with Crippen molar-refractivity contribution in [2.24, 2.45) is 11.8 Å². The van der Waals surface area contributed by atoms with Gasteiger partial charge in [-0.2, -0.15) is 8.78 Å². The summed E-state index contributed by atoms with van der Waals surface area (Å²) in [7, 11) is 0. The number of fused-ring (bicyclic) bond motifs is 1. The number of carbonyl (C=O) groups excluding carboxylic acids is 3. The number of nitrogens with zero attached hydrogens (tertiary/aromatic N) is 1. The van der Waals surface area contributed by atoms with Crippen LogP contribution in [-0.4, -0.2) is 35.8 Å². The lowest BCUT2D eigenvalue weighted by Crippen LogP contribution is -2.38. The quantitative estimate of drug-likeness (QED) is 0.652. The molecular weight excluding hydrogens is 334 g/mol. The van der Waals surface area contributed by atoms with Crippen LogP contribution in [0.25, 0.3) is 0 Å². The molecule has 3 amide bonds. The molecule has 1 aromatic rings. The molecule has 1 heterocycles. The molecule has 0 bridgehead atoms. The third-order valence-corrected chi connectivity index (χ3v) is 4.26. The third kappa shape index (κ3) is 3.67. The van der Waals surface area contributed by atoms with Gasteiger partial charge >= 0.3 is 6.61 Å². The highest BCUT2D eigenvalue weighted by Gasteiger charge is 2.47. The number of nitrogens with one attached hydrogen (secondary N) is 1. The summed E-state index contributed by atoms with van der Waals surface area (Å²) in [6.07, 6.45) is 4.77. The Morgan fingerprint density at radius 1 is 1.12 bits per heavy atom. The Hall–Kier alpha value is -2.77. The molecule has 0 spiro atoms. The standard InChI is InChI=1S/C17H16F2N2O4/c18-17(19)25-11-7-5-10(6-8-11)20-14(22)9-21-15(23)12-3-1-2-4-13(12)16(21)24/h1-2,5-8,12-13,17H,3-4,9H2,(H,20,22)/t12-,13-/m1/s1.